The van der Waals surface area contributed by atoms with Crippen LogP contribution < -0.4 is 9.62 Å². The molecule has 0 aliphatic rings. The number of nitrogens with one attached hydrogen (secondary N) is 1. The number of unbranched alkanes of at least 4 members (excludes halogenated alkanes) is 1. The average Bonchev–Trinajstić information content (AvgIpc) is 2.94. The van der Waals surface area contributed by atoms with Crippen LogP contribution in [0.5, 0.6) is 0 Å². The third-order valence-corrected chi connectivity index (χ3v) is 8.56. The van der Waals surface area contributed by atoms with Gasteiger partial charge in [0, 0.05) is 36.9 Å². The van der Waals surface area contributed by atoms with Crippen LogP contribution in [0.3, 0.4) is 0 Å². The van der Waals surface area contributed by atoms with E-state index in [1.54, 1.807) is 17.0 Å². The Kier molecular flexibility index (Phi) is 12.4. The van der Waals surface area contributed by atoms with Gasteiger partial charge in [-0.3, -0.25) is 13.9 Å². The number of hydrogen-bond donors (Lipinski definition) is 1. The molecule has 2 amide bonds. The number of carbonyl (C=O) groups excluding carboxylic acids is 2. The van der Waals surface area contributed by atoms with Crippen molar-refractivity contribution in [3.05, 3.63) is 100 Å². The lowest BCUT2D eigenvalue weighted by atomic mass is 10.0. The van der Waals surface area contributed by atoms with Gasteiger partial charge < -0.3 is 10.2 Å². The largest absolute Gasteiger partial charge is 0.354 e. The van der Waals surface area contributed by atoms with E-state index < -0.39 is 16.1 Å². The van der Waals surface area contributed by atoms with Crippen molar-refractivity contribution in [2.45, 2.75) is 58.5 Å². The number of aryl methyl sites for hydroxylation is 1. The molecule has 0 aliphatic heterocycles. The number of sulfonamides is 1. The zero-order valence-corrected chi connectivity index (χ0v) is 26.5. The van der Waals surface area contributed by atoms with Crippen LogP contribution in [0.2, 0.25) is 0 Å². The maximum absolute atomic E-state index is 13.9. The van der Waals surface area contributed by atoms with Crippen molar-refractivity contribution >= 4 is 43.5 Å². The molecule has 0 saturated heterocycles. The fraction of sp³-hybridized carbons (Fsp3) is 0.375. The molecule has 7 nitrogen and oxygen atoms in total. The molecule has 0 fully saturated rings. The Balaban J connectivity index is 1.86. The van der Waals surface area contributed by atoms with Crippen molar-refractivity contribution < 1.29 is 18.0 Å². The Morgan fingerprint density at radius 1 is 0.902 bits per heavy atom. The van der Waals surface area contributed by atoms with Crippen molar-refractivity contribution in [3.8, 4) is 0 Å². The summed E-state index contributed by atoms with van der Waals surface area (Å²) in [6.45, 7) is 4.97. The van der Waals surface area contributed by atoms with Gasteiger partial charge in [-0.2, -0.15) is 0 Å². The van der Waals surface area contributed by atoms with Gasteiger partial charge in [-0.25, -0.2) is 8.42 Å². The number of benzene rings is 3. The van der Waals surface area contributed by atoms with Gasteiger partial charge >= 0.3 is 0 Å². The summed E-state index contributed by atoms with van der Waals surface area (Å²) in [6.07, 6.45) is 3.76. The minimum Gasteiger partial charge on any atom is -0.354 e. The van der Waals surface area contributed by atoms with E-state index in [4.69, 9.17) is 0 Å². The summed E-state index contributed by atoms with van der Waals surface area (Å²) in [5, 5.41) is 3.03. The number of nitrogens with zero attached hydrogens (tertiary/aromatic N) is 2. The van der Waals surface area contributed by atoms with Crippen LogP contribution in [0.4, 0.5) is 5.69 Å². The SMILES string of the molecule is CCCCNC(=O)C(Cc1ccccc1)N(Cc1ccc(Br)cc1)C(=O)CCCN(c1ccc(C)cc1)S(C)(=O)=O. The van der Waals surface area contributed by atoms with Gasteiger partial charge in [0.2, 0.25) is 21.8 Å². The van der Waals surface area contributed by atoms with Crippen LogP contribution in [-0.2, 0) is 32.6 Å². The van der Waals surface area contributed by atoms with Gasteiger partial charge in [-0.1, -0.05) is 89.4 Å². The fourth-order valence-electron chi connectivity index (χ4n) is 4.56. The van der Waals surface area contributed by atoms with E-state index in [0.29, 0.717) is 25.1 Å². The zero-order valence-electron chi connectivity index (χ0n) is 24.1. The number of rotatable bonds is 15. The summed E-state index contributed by atoms with van der Waals surface area (Å²) in [7, 11) is -3.55. The number of anilines is 1. The maximum atomic E-state index is 13.9. The first-order valence-corrected chi connectivity index (χ1v) is 16.6. The molecule has 9 heteroatoms. The highest BCUT2D eigenvalue weighted by molar-refractivity contribution is 9.10. The molecule has 0 aromatic heterocycles. The third kappa shape index (κ3) is 10.3. The maximum Gasteiger partial charge on any atom is 0.243 e. The van der Waals surface area contributed by atoms with Gasteiger partial charge in [0.05, 0.1) is 11.9 Å². The standard InChI is InChI=1S/C32H40BrN3O4S/c1-4-5-21-34-32(38)30(23-26-10-7-6-8-11-26)35(24-27-15-17-28(33)18-16-27)31(37)12-9-22-36(41(3,39)40)29-19-13-25(2)14-20-29/h6-8,10-11,13-20,30H,4-5,9,12,21-24H2,1-3H3,(H,34,38). The van der Waals surface area contributed by atoms with E-state index in [-0.39, 0.29) is 31.3 Å². The highest BCUT2D eigenvalue weighted by Gasteiger charge is 2.30. The number of amides is 2. The second-order valence-electron chi connectivity index (χ2n) is 10.3. The summed E-state index contributed by atoms with van der Waals surface area (Å²) >= 11 is 3.46. The summed E-state index contributed by atoms with van der Waals surface area (Å²) in [6, 6.07) is 23.9. The van der Waals surface area contributed by atoms with Crippen molar-refractivity contribution in [3.63, 3.8) is 0 Å². The molecule has 3 aromatic rings. The smallest absolute Gasteiger partial charge is 0.243 e. The van der Waals surface area contributed by atoms with Crippen molar-refractivity contribution in [1.29, 1.82) is 0 Å². The van der Waals surface area contributed by atoms with Crippen molar-refractivity contribution in [2.75, 3.05) is 23.7 Å². The lowest BCUT2D eigenvalue weighted by Crippen LogP contribution is -2.50. The van der Waals surface area contributed by atoms with Crippen LogP contribution in [0.25, 0.3) is 0 Å². The van der Waals surface area contributed by atoms with Gasteiger partial charge in [-0.15, -0.1) is 0 Å². The number of carbonyl (C=O) groups is 2. The molecule has 41 heavy (non-hydrogen) atoms. The molecule has 3 aromatic carbocycles. The molecule has 1 unspecified atom stereocenters. The van der Waals surface area contributed by atoms with Crippen LogP contribution in [0.15, 0.2) is 83.3 Å². The average molecular weight is 643 g/mol. The first kappa shape index (κ1) is 32.3. The predicted molar refractivity (Wildman–Crippen MR) is 169 cm³/mol. The molecular formula is C32H40BrN3O4S. The Labute approximate surface area is 253 Å². The van der Waals surface area contributed by atoms with Crippen molar-refractivity contribution in [2.24, 2.45) is 0 Å². The van der Waals surface area contributed by atoms with Crippen LogP contribution in [-0.4, -0.2) is 50.5 Å². The Hall–Kier alpha value is -3.17. The van der Waals surface area contributed by atoms with Crippen LogP contribution >= 0.6 is 15.9 Å². The van der Waals surface area contributed by atoms with Crippen molar-refractivity contribution in [1.82, 2.24) is 10.2 Å². The molecule has 0 spiro atoms. The van der Waals surface area contributed by atoms with E-state index >= 15 is 0 Å². The zero-order chi connectivity index (χ0) is 29.8. The highest BCUT2D eigenvalue weighted by atomic mass is 79.9. The monoisotopic (exact) mass is 641 g/mol. The fourth-order valence-corrected chi connectivity index (χ4v) is 5.79. The summed E-state index contributed by atoms with van der Waals surface area (Å²) in [4.78, 5) is 29.0. The minimum absolute atomic E-state index is 0.0991. The number of hydrogen-bond acceptors (Lipinski definition) is 4. The molecular weight excluding hydrogens is 602 g/mol. The quantitative estimate of drug-likeness (QED) is 0.211. The molecule has 1 atom stereocenters. The van der Waals surface area contributed by atoms with Crippen LogP contribution in [0, 0.1) is 6.92 Å². The Bertz CT molecular complexity index is 1360. The van der Waals surface area contributed by atoms with E-state index in [9.17, 15) is 18.0 Å². The van der Waals surface area contributed by atoms with E-state index in [1.807, 2.05) is 73.7 Å². The summed E-state index contributed by atoms with van der Waals surface area (Å²) in [5.41, 5.74) is 3.45. The molecule has 0 bridgehead atoms. The lowest BCUT2D eigenvalue weighted by molar-refractivity contribution is -0.141. The molecule has 0 saturated carbocycles. The molecule has 3 rings (SSSR count). The highest BCUT2D eigenvalue weighted by Crippen LogP contribution is 2.21. The second kappa shape index (κ2) is 15.7. The lowest BCUT2D eigenvalue weighted by Gasteiger charge is -2.32. The van der Waals surface area contributed by atoms with E-state index in [0.717, 1.165) is 34.0 Å². The van der Waals surface area contributed by atoms with Gasteiger partial charge in [-0.05, 0) is 55.2 Å². The Morgan fingerprint density at radius 3 is 2.17 bits per heavy atom. The van der Waals surface area contributed by atoms with E-state index in [1.165, 1.54) is 10.6 Å². The Morgan fingerprint density at radius 2 is 1.56 bits per heavy atom. The summed E-state index contributed by atoms with van der Waals surface area (Å²) in [5.74, 6) is -0.387. The van der Waals surface area contributed by atoms with Crippen LogP contribution in [0.1, 0.15) is 49.3 Å². The van der Waals surface area contributed by atoms with E-state index in [2.05, 4.69) is 28.2 Å². The van der Waals surface area contributed by atoms with Gasteiger partial charge in [0.25, 0.3) is 0 Å². The van der Waals surface area contributed by atoms with Gasteiger partial charge in [0.1, 0.15) is 6.04 Å². The predicted octanol–water partition coefficient (Wildman–Crippen LogP) is 5.86. The molecule has 0 aliphatic carbocycles. The topological polar surface area (TPSA) is 86.8 Å². The van der Waals surface area contributed by atoms with Gasteiger partial charge in [0.15, 0.2) is 0 Å². The second-order valence-corrected chi connectivity index (χ2v) is 13.1. The first-order valence-electron chi connectivity index (χ1n) is 14.0. The molecule has 220 valence electrons. The third-order valence-electron chi connectivity index (χ3n) is 6.84. The molecule has 0 radical (unpaired) electrons. The first-order chi connectivity index (χ1) is 19.6. The molecule has 0 heterocycles. The summed E-state index contributed by atoms with van der Waals surface area (Å²) < 4.78 is 27.4. The normalized spacial score (nSPS) is 12.0. The molecule has 1 N–H and O–H groups in total. The minimum atomic E-state index is -3.55. The number of halogens is 1.